The summed E-state index contributed by atoms with van der Waals surface area (Å²) in [7, 11) is 0. The van der Waals surface area contributed by atoms with Crippen LogP contribution in [-0.2, 0) is 0 Å². The third kappa shape index (κ3) is 3.03. The molecule has 1 nitrogen and oxygen atoms in total. The molecule has 8 heavy (non-hydrogen) atoms. The normalized spacial score (nSPS) is 10.5. The van der Waals surface area contributed by atoms with Crippen molar-refractivity contribution < 1.29 is 0 Å². The van der Waals surface area contributed by atoms with Crippen LogP contribution in [0.15, 0.2) is 0 Å². The quantitative estimate of drug-likeness (QED) is 0.529. The van der Waals surface area contributed by atoms with Crippen molar-refractivity contribution in [3.05, 3.63) is 0 Å². The number of rotatable bonds is 4. The Morgan fingerprint density at radius 1 is 1.12 bits per heavy atom. The van der Waals surface area contributed by atoms with Crippen LogP contribution in [0.3, 0.4) is 0 Å². The van der Waals surface area contributed by atoms with Crippen LogP contribution in [0.4, 0.5) is 0 Å². The summed E-state index contributed by atoms with van der Waals surface area (Å²) in [4.78, 5) is 0. The van der Waals surface area contributed by atoms with Crippen LogP contribution in [0.2, 0.25) is 0 Å². The van der Waals surface area contributed by atoms with E-state index in [1.165, 1.54) is 12.8 Å². The summed E-state index contributed by atoms with van der Waals surface area (Å²) in [5.41, 5.74) is 0. The summed E-state index contributed by atoms with van der Waals surface area (Å²) in [6.45, 7) is 7.45. The maximum Gasteiger partial charge on any atom is 0.0240 e. The molecule has 0 saturated heterocycles. The van der Waals surface area contributed by atoms with Crippen molar-refractivity contribution in [2.45, 2.75) is 39.7 Å². The minimum absolute atomic E-state index is 0.625. The summed E-state index contributed by atoms with van der Waals surface area (Å²) in [5, 5.41) is 4.36. The Balaban J connectivity index is 3.07. The first kappa shape index (κ1) is 7.96. The van der Waals surface area contributed by atoms with E-state index in [0.717, 1.165) is 6.54 Å². The van der Waals surface area contributed by atoms with Gasteiger partial charge in [0.2, 0.25) is 0 Å². The molecule has 0 bridgehead atoms. The zero-order valence-electron chi connectivity index (χ0n) is 6.15. The lowest BCUT2D eigenvalue weighted by molar-refractivity contribution is 0.489. The Morgan fingerprint density at radius 2 is 1.62 bits per heavy atom. The maximum atomic E-state index is 4.36. The van der Waals surface area contributed by atoms with E-state index in [0.29, 0.717) is 6.04 Å². The number of hydrogen-bond acceptors (Lipinski definition) is 0. The lowest BCUT2D eigenvalue weighted by Gasteiger charge is -2.08. The molecule has 0 aromatic heterocycles. The largest absolute Gasteiger partial charge is 0.239 e. The van der Waals surface area contributed by atoms with Gasteiger partial charge < -0.3 is 0 Å². The molecule has 0 unspecified atom stereocenters. The highest BCUT2D eigenvalue weighted by Crippen LogP contribution is 1.95. The van der Waals surface area contributed by atoms with E-state index in [-0.39, 0.29) is 0 Å². The molecule has 0 heterocycles. The standard InChI is InChI=1S/C7H16N/c1-4-7(5-2)8-6-3/h7H,4-6H2,1-3H3. The molecule has 0 aromatic carbocycles. The van der Waals surface area contributed by atoms with Gasteiger partial charge in [-0.15, -0.1) is 0 Å². The Morgan fingerprint density at radius 3 is 1.75 bits per heavy atom. The second kappa shape index (κ2) is 5.10. The highest BCUT2D eigenvalue weighted by atomic mass is 14.9. The summed E-state index contributed by atoms with van der Waals surface area (Å²) in [6, 6.07) is 0.625. The number of nitrogens with zero attached hydrogens (tertiary/aromatic N) is 1. The first-order valence-electron chi connectivity index (χ1n) is 3.51. The first-order chi connectivity index (χ1) is 3.85. The molecule has 0 aliphatic rings. The second-order valence-electron chi connectivity index (χ2n) is 1.97. The van der Waals surface area contributed by atoms with Gasteiger partial charge in [-0.1, -0.05) is 20.8 Å². The van der Waals surface area contributed by atoms with E-state index in [1.807, 2.05) is 0 Å². The van der Waals surface area contributed by atoms with Crippen LogP contribution < -0.4 is 5.32 Å². The van der Waals surface area contributed by atoms with Gasteiger partial charge >= 0.3 is 0 Å². The van der Waals surface area contributed by atoms with E-state index < -0.39 is 0 Å². The molecule has 0 aliphatic heterocycles. The molecule has 0 spiro atoms. The van der Waals surface area contributed by atoms with Crippen molar-refractivity contribution in [2.24, 2.45) is 0 Å². The molecule has 1 heteroatoms. The molecule has 49 valence electrons. The smallest absolute Gasteiger partial charge is 0.0240 e. The SMILES string of the molecule is CC[N]C(CC)CC. The molecule has 0 aliphatic carbocycles. The molecule has 1 radical (unpaired) electrons. The Hall–Kier alpha value is -0.0400. The van der Waals surface area contributed by atoms with Crippen molar-refractivity contribution in [2.75, 3.05) is 6.54 Å². The number of hydrogen-bond donors (Lipinski definition) is 0. The zero-order chi connectivity index (χ0) is 6.41. The van der Waals surface area contributed by atoms with Gasteiger partial charge in [0.05, 0.1) is 0 Å². The summed E-state index contributed by atoms with van der Waals surface area (Å²) in [6.07, 6.45) is 2.40. The van der Waals surface area contributed by atoms with E-state index in [9.17, 15) is 0 Å². The minimum atomic E-state index is 0.625. The monoisotopic (exact) mass is 114 g/mol. The van der Waals surface area contributed by atoms with Gasteiger partial charge in [0.25, 0.3) is 0 Å². The fraction of sp³-hybridized carbons (Fsp3) is 1.00. The van der Waals surface area contributed by atoms with E-state index in [4.69, 9.17) is 0 Å². The molecule has 0 atom stereocenters. The lowest BCUT2D eigenvalue weighted by atomic mass is 10.2. The topological polar surface area (TPSA) is 14.1 Å². The van der Waals surface area contributed by atoms with Gasteiger partial charge in [-0.05, 0) is 12.8 Å². The van der Waals surface area contributed by atoms with Crippen molar-refractivity contribution in [1.82, 2.24) is 5.32 Å². The third-order valence-electron chi connectivity index (χ3n) is 1.38. The average Bonchev–Trinajstić information content (AvgIpc) is 1.83. The Labute approximate surface area is 52.5 Å². The van der Waals surface area contributed by atoms with Gasteiger partial charge in [-0.25, -0.2) is 5.32 Å². The van der Waals surface area contributed by atoms with E-state index in [2.05, 4.69) is 26.1 Å². The Bertz CT molecular complexity index is 39.7. The molecule has 0 aromatic rings. The summed E-state index contributed by atoms with van der Waals surface area (Å²) < 4.78 is 0. The van der Waals surface area contributed by atoms with Crippen molar-refractivity contribution in [3.63, 3.8) is 0 Å². The molecule has 0 rings (SSSR count). The first-order valence-corrected chi connectivity index (χ1v) is 3.51. The fourth-order valence-corrected chi connectivity index (χ4v) is 0.805. The highest BCUT2D eigenvalue weighted by molar-refractivity contribution is 4.58. The Kier molecular flexibility index (Phi) is 5.08. The average molecular weight is 114 g/mol. The third-order valence-corrected chi connectivity index (χ3v) is 1.38. The predicted molar refractivity (Wildman–Crippen MR) is 37.0 cm³/mol. The van der Waals surface area contributed by atoms with Crippen molar-refractivity contribution in [3.8, 4) is 0 Å². The van der Waals surface area contributed by atoms with Crippen molar-refractivity contribution in [1.29, 1.82) is 0 Å². The lowest BCUT2D eigenvalue weighted by Crippen LogP contribution is -2.19. The van der Waals surface area contributed by atoms with Crippen LogP contribution in [0.25, 0.3) is 0 Å². The highest BCUT2D eigenvalue weighted by Gasteiger charge is 1.98. The van der Waals surface area contributed by atoms with Gasteiger partial charge in [0.15, 0.2) is 0 Å². The minimum Gasteiger partial charge on any atom is -0.239 e. The van der Waals surface area contributed by atoms with Gasteiger partial charge in [0.1, 0.15) is 0 Å². The van der Waals surface area contributed by atoms with Crippen molar-refractivity contribution >= 4 is 0 Å². The predicted octanol–water partition coefficient (Wildman–Crippen LogP) is 1.80. The molecule has 0 N–H and O–H groups in total. The maximum absolute atomic E-state index is 4.36. The van der Waals surface area contributed by atoms with E-state index >= 15 is 0 Å². The van der Waals surface area contributed by atoms with Crippen LogP contribution in [0.1, 0.15) is 33.6 Å². The van der Waals surface area contributed by atoms with Crippen LogP contribution >= 0.6 is 0 Å². The van der Waals surface area contributed by atoms with Crippen LogP contribution in [-0.4, -0.2) is 12.6 Å². The summed E-state index contributed by atoms with van der Waals surface area (Å²) in [5.74, 6) is 0. The second-order valence-corrected chi connectivity index (χ2v) is 1.97. The fourth-order valence-electron chi connectivity index (χ4n) is 0.805. The molecule has 0 fully saturated rings. The molecule has 0 saturated carbocycles. The van der Waals surface area contributed by atoms with Gasteiger partial charge in [-0.2, -0.15) is 0 Å². The van der Waals surface area contributed by atoms with Gasteiger partial charge in [-0.3, -0.25) is 0 Å². The van der Waals surface area contributed by atoms with Crippen LogP contribution in [0.5, 0.6) is 0 Å². The van der Waals surface area contributed by atoms with E-state index in [1.54, 1.807) is 0 Å². The van der Waals surface area contributed by atoms with Gasteiger partial charge in [0, 0.05) is 12.6 Å². The van der Waals surface area contributed by atoms with Crippen LogP contribution in [0, 0.1) is 0 Å². The summed E-state index contributed by atoms with van der Waals surface area (Å²) >= 11 is 0. The molecular weight excluding hydrogens is 98.1 g/mol. The molecular formula is C7H16N. The molecule has 0 amide bonds. The zero-order valence-corrected chi connectivity index (χ0v) is 6.15.